The fourth-order valence-corrected chi connectivity index (χ4v) is 3.60. The van der Waals surface area contributed by atoms with Gasteiger partial charge in [0.25, 0.3) is 0 Å². The van der Waals surface area contributed by atoms with Gasteiger partial charge in [0.15, 0.2) is 18.1 Å². The molecule has 2 aromatic carbocycles. The zero-order valence-corrected chi connectivity index (χ0v) is 19.1. The lowest BCUT2D eigenvalue weighted by Gasteiger charge is -2.16. The molecule has 4 rings (SSSR count). The molecule has 1 aliphatic carbocycles. The molecule has 0 spiro atoms. The number of benzene rings is 2. The van der Waals surface area contributed by atoms with Gasteiger partial charge in [0.05, 0.1) is 31.2 Å². The van der Waals surface area contributed by atoms with E-state index in [2.05, 4.69) is 5.11 Å². The van der Waals surface area contributed by atoms with E-state index in [1.54, 1.807) is 12.1 Å². The standard InChI is InChI=1S/C26H30FN4O2/c1-18(33-17-20-6-4-3-5-7-20)24-12-21(27)10-11-25(24)29-22(14-26(28)32-2)13-23-16-31(30-23)15-19-8-9-19/h3-7,10-12,14,16,18-19H,8-9,13,15,17,28H2,1-2H3/q+1/t18-/m1/s1. The second kappa shape index (κ2) is 10.5. The molecule has 1 aliphatic heterocycles. The Kier molecular flexibility index (Phi) is 7.29. The van der Waals surface area contributed by atoms with E-state index in [1.165, 1.54) is 32.1 Å². The van der Waals surface area contributed by atoms with E-state index in [0.29, 0.717) is 30.0 Å². The smallest absolute Gasteiger partial charge is 0.224 e. The molecule has 1 heterocycles. The minimum Gasteiger partial charge on any atom is -0.483 e. The van der Waals surface area contributed by atoms with E-state index in [1.807, 2.05) is 48.2 Å². The normalized spacial score (nSPS) is 17.2. The number of azo groups is 2. The number of methoxy groups -OCH3 is 1. The highest BCUT2D eigenvalue weighted by molar-refractivity contribution is 5.98. The third-order valence-electron chi connectivity index (χ3n) is 5.64. The van der Waals surface area contributed by atoms with Gasteiger partial charge >= 0.3 is 0 Å². The molecule has 1 saturated carbocycles. The van der Waals surface area contributed by atoms with Crippen LogP contribution in [0.4, 0.5) is 10.1 Å². The van der Waals surface area contributed by atoms with Crippen molar-refractivity contribution < 1.29 is 18.6 Å². The lowest BCUT2D eigenvalue weighted by molar-refractivity contribution is -0.550. The highest BCUT2D eigenvalue weighted by Gasteiger charge is 2.31. The van der Waals surface area contributed by atoms with Crippen LogP contribution >= 0.6 is 0 Å². The summed E-state index contributed by atoms with van der Waals surface area (Å²) < 4.78 is 27.3. The largest absolute Gasteiger partial charge is 0.483 e. The Labute approximate surface area is 193 Å². The Morgan fingerprint density at radius 3 is 2.73 bits per heavy atom. The van der Waals surface area contributed by atoms with Crippen LogP contribution in [0.25, 0.3) is 0 Å². The first-order chi connectivity index (χ1) is 16.0. The van der Waals surface area contributed by atoms with Crippen LogP contribution in [0.15, 0.2) is 82.5 Å². The number of aliphatic imine (C=N–C) groups is 1. The fraction of sp³-hybridized carbons (Fsp3) is 0.346. The number of ether oxygens (including phenoxy) is 2. The Hall–Kier alpha value is -3.32. The molecule has 7 heteroatoms. The quantitative estimate of drug-likeness (QED) is 0.270. The molecular formula is C26H30FN4O2+. The van der Waals surface area contributed by atoms with Crippen LogP contribution in [0.1, 0.15) is 43.4 Å². The van der Waals surface area contributed by atoms with Crippen LogP contribution < -0.4 is 5.73 Å². The van der Waals surface area contributed by atoms with Crippen molar-refractivity contribution in [1.82, 2.24) is 0 Å². The lowest BCUT2D eigenvalue weighted by atomic mass is 10.1. The van der Waals surface area contributed by atoms with Gasteiger partial charge < -0.3 is 15.2 Å². The zero-order chi connectivity index (χ0) is 23.2. The maximum Gasteiger partial charge on any atom is 0.224 e. The molecule has 2 aromatic rings. The highest BCUT2D eigenvalue weighted by Crippen LogP contribution is 2.32. The SMILES string of the molecule is COC(N)=CC(CC1=C[N+](CC2CC2)=N1)=Nc1ccc(F)cc1[C@@H](C)OCc1ccccc1. The average Bonchev–Trinajstić information content (AvgIpc) is 3.61. The monoisotopic (exact) mass is 449 g/mol. The van der Waals surface area contributed by atoms with Crippen LogP contribution in [-0.4, -0.2) is 24.1 Å². The third-order valence-corrected chi connectivity index (χ3v) is 5.64. The minimum absolute atomic E-state index is 0.251. The van der Waals surface area contributed by atoms with Gasteiger partial charge in [0.1, 0.15) is 5.82 Å². The average molecular weight is 450 g/mol. The molecule has 0 unspecified atom stereocenters. The summed E-state index contributed by atoms with van der Waals surface area (Å²) in [6.45, 7) is 3.30. The van der Waals surface area contributed by atoms with Crippen LogP contribution in [0.2, 0.25) is 0 Å². The summed E-state index contributed by atoms with van der Waals surface area (Å²) >= 11 is 0. The molecule has 1 atom stereocenters. The number of allylic oxidation sites excluding steroid dienone is 2. The predicted octanol–water partition coefficient (Wildman–Crippen LogP) is 5.74. The topological polar surface area (TPSA) is 72.2 Å². The van der Waals surface area contributed by atoms with Gasteiger partial charge in [-0.25, -0.2) is 4.39 Å². The van der Waals surface area contributed by atoms with E-state index in [-0.39, 0.29) is 17.8 Å². The summed E-state index contributed by atoms with van der Waals surface area (Å²) in [5, 5.41) is 4.57. The first-order valence-electron chi connectivity index (χ1n) is 11.2. The molecule has 0 aromatic heterocycles. The molecule has 33 heavy (non-hydrogen) atoms. The molecule has 0 saturated heterocycles. The van der Waals surface area contributed by atoms with E-state index in [0.717, 1.165) is 23.7 Å². The van der Waals surface area contributed by atoms with E-state index >= 15 is 0 Å². The van der Waals surface area contributed by atoms with E-state index in [4.69, 9.17) is 20.2 Å². The molecule has 1 fully saturated rings. The number of halogens is 1. The number of nitrogens with two attached hydrogens (primary N) is 1. The fourth-order valence-electron chi connectivity index (χ4n) is 3.60. The van der Waals surface area contributed by atoms with Crippen molar-refractivity contribution in [3.05, 3.63) is 89.3 Å². The molecule has 6 nitrogen and oxygen atoms in total. The first kappa shape index (κ1) is 22.9. The summed E-state index contributed by atoms with van der Waals surface area (Å²) in [5.41, 5.74) is 9.86. The van der Waals surface area contributed by atoms with Crippen molar-refractivity contribution in [2.75, 3.05) is 13.7 Å². The van der Waals surface area contributed by atoms with Crippen LogP contribution in [-0.2, 0) is 16.1 Å². The Balaban J connectivity index is 1.53. The predicted molar refractivity (Wildman–Crippen MR) is 125 cm³/mol. The van der Waals surface area contributed by atoms with Gasteiger partial charge in [-0.3, -0.25) is 4.99 Å². The van der Waals surface area contributed by atoms with Crippen molar-refractivity contribution in [2.45, 2.75) is 38.9 Å². The molecule has 0 amide bonds. The Morgan fingerprint density at radius 2 is 2.03 bits per heavy atom. The Bertz CT molecular complexity index is 1100. The van der Waals surface area contributed by atoms with Crippen molar-refractivity contribution in [3.8, 4) is 0 Å². The molecule has 0 bridgehead atoms. The molecule has 2 aliphatic rings. The molecule has 172 valence electrons. The first-order valence-corrected chi connectivity index (χ1v) is 11.2. The maximum atomic E-state index is 14.1. The second-order valence-corrected chi connectivity index (χ2v) is 8.46. The molecule has 2 N–H and O–H groups in total. The highest BCUT2D eigenvalue weighted by atomic mass is 19.1. The number of nitrogens with zero attached hydrogens (tertiary/aromatic N) is 3. The third kappa shape index (κ3) is 6.58. The van der Waals surface area contributed by atoms with Gasteiger partial charge in [-0.2, -0.15) is 0 Å². The summed E-state index contributed by atoms with van der Waals surface area (Å²) in [4.78, 5) is 4.80. The maximum absolute atomic E-state index is 14.1. The number of hydrogen-bond donors (Lipinski definition) is 1. The number of hydrogen-bond acceptors (Lipinski definition) is 5. The molecular weight excluding hydrogens is 419 g/mol. The number of rotatable bonds is 11. The summed E-state index contributed by atoms with van der Waals surface area (Å²) in [6.07, 6.45) is 6.44. The lowest BCUT2D eigenvalue weighted by Crippen LogP contribution is -2.16. The van der Waals surface area contributed by atoms with E-state index in [9.17, 15) is 4.39 Å². The van der Waals surface area contributed by atoms with Gasteiger partial charge in [0, 0.05) is 29.1 Å². The van der Waals surface area contributed by atoms with Gasteiger partial charge in [-0.15, -0.1) is 0 Å². The summed E-state index contributed by atoms with van der Waals surface area (Å²) in [6, 6.07) is 14.4. The zero-order valence-electron chi connectivity index (χ0n) is 19.1. The minimum atomic E-state index is -0.355. The van der Waals surface area contributed by atoms with Gasteiger partial charge in [-0.05, 0) is 43.5 Å². The van der Waals surface area contributed by atoms with Crippen molar-refractivity contribution in [1.29, 1.82) is 0 Å². The summed E-state index contributed by atoms with van der Waals surface area (Å²) in [5.74, 6) is 0.684. The van der Waals surface area contributed by atoms with Crippen molar-refractivity contribution in [2.24, 2.45) is 21.8 Å². The van der Waals surface area contributed by atoms with E-state index < -0.39 is 0 Å². The van der Waals surface area contributed by atoms with Gasteiger partial charge in [-0.1, -0.05) is 35.0 Å². The van der Waals surface area contributed by atoms with Gasteiger partial charge in [0.2, 0.25) is 6.20 Å². The van der Waals surface area contributed by atoms with Crippen molar-refractivity contribution in [3.63, 3.8) is 0 Å². The summed E-state index contributed by atoms with van der Waals surface area (Å²) in [7, 11) is 1.51. The van der Waals surface area contributed by atoms with Crippen LogP contribution in [0, 0.1) is 11.7 Å². The second-order valence-electron chi connectivity index (χ2n) is 8.46. The Morgan fingerprint density at radius 1 is 1.27 bits per heavy atom. The van der Waals surface area contributed by atoms with Crippen LogP contribution in [0.5, 0.6) is 0 Å². The van der Waals surface area contributed by atoms with Crippen LogP contribution in [0.3, 0.4) is 0 Å². The molecule has 0 radical (unpaired) electrons. The van der Waals surface area contributed by atoms with Crippen molar-refractivity contribution >= 4 is 11.4 Å².